The number of rotatable bonds is 7. The highest BCUT2D eigenvalue weighted by Gasteiger charge is 2.18. The highest BCUT2D eigenvalue weighted by Crippen LogP contribution is 2.23. The number of nitrogens with two attached hydrogens (primary N) is 1. The number of nitrogens with zero attached hydrogens (tertiary/aromatic N) is 5. The van der Waals surface area contributed by atoms with Crippen LogP contribution in [0, 0.1) is 17.1 Å². The van der Waals surface area contributed by atoms with E-state index in [9.17, 15) is 9.18 Å². The van der Waals surface area contributed by atoms with Crippen LogP contribution in [0.1, 0.15) is 6.42 Å². The van der Waals surface area contributed by atoms with Gasteiger partial charge in [-0.15, -0.1) is 10.2 Å². The number of thioether (sulfide) groups is 1. The van der Waals surface area contributed by atoms with E-state index in [0.29, 0.717) is 23.1 Å². The zero-order valence-corrected chi connectivity index (χ0v) is 15.6. The molecule has 2 N–H and O–H groups in total. The summed E-state index contributed by atoms with van der Waals surface area (Å²) in [6, 6.07) is 17.0. The van der Waals surface area contributed by atoms with Crippen molar-refractivity contribution >= 4 is 23.4 Å². The summed E-state index contributed by atoms with van der Waals surface area (Å²) < 4.78 is 14.4. The quantitative estimate of drug-likeness (QED) is 0.487. The van der Waals surface area contributed by atoms with Crippen LogP contribution in [0.15, 0.2) is 59.8 Å². The first-order valence-corrected chi connectivity index (χ1v) is 9.40. The smallest absolute Gasteiger partial charge is 0.237 e. The van der Waals surface area contributed by atoms with Crippen LogP contribution in [0.2, 0.25) is 0 Å². The minimum Gasteiger partial charge on any atom is -0.335 e. The first kappa shape index (κ1) is 19.4. The summed E-state index contributed by atoms with van der Waals surface area (Å²) in [6.45, 7) is 0.302. The van der Waals surface area contributed by atoms with Crippen molar-refractivity contribution in [3.63, 3.8) is 0 Å². The van der Waals surface area contributed by atoms with Gasteiger partial charge >= 0.3 is 0 Å². The number of anilines is 1. The van der Waals surface area contributed by atoms with E-state index in [4.69, 9.17) is 11.1 Å². The first-order valence-electron chi connectivity index (χ1n) is 8.41. The van der Waals surface area contributed by atoms with Crippen LogP contribution in [-0.2, 0) is 4.79 Å². The Kier molecular flexibility index (Phi) is 6.24. The zero-order valence-electron chi connectivity index (χ0n) is 14.8. The van der Waals surface area contributed by atoms with Crippen molar-refractivity contribution in [2.75, 3.05) is 23.0 Å². The maximum Gasteiger partial charge on any atom is 0.237 e. The number of carbonyl (C=O) groups excluding carboxylic acids is 1. The molecular formula is C19H17FN6OS. The molecule has 9 heteroatoms. The predicted octanol–water partition coefficient (Wildman–Crippen LogP) is 2.84. The van der Waals surface area contributed by atoms with Gasteiger partial charge in [0.2, 0.25) is 11.1 Å². The van der Waals surface area contributed by atoms with Gasteiger partial charge in [0.1, 0.15) is 5.82 Å². The van der Waals surface area contributed by atoms with E-state index in [-0.39, 0.29) is 23.9 Å². The monoisotopic (exact) mass is 396 g/mol. The van der Waals surface area contributed by atoms with E-state index in [1.807, 2.05) is 30.3 Å². The lowest BCUT2D eigenvalue weighted by molar-refractivity contribution is -0.116. The highest BCUT2D eigenvalue weighted by molar-refractivity contribution is 7.99. The lowest BCUT2D eigenvalue weighted by Crippen LogP contribution is -2.33. The minimum atomic E-state index is -0.356. The first-order chi connectivity index (χ1) is 13.6. The molecule has 0 bridgehead atoms. The molecule has 0 aliphatic heterocycles. The van der Waals surface area contributed by atoms with Crippen LogP contribution < -0.4 is 10.7 Å². The number of para-hydroxylation sites is 1. The molecule has 0 spiro atoms. The molecule has 0 unspecified atom stereocenters. The Bertz CT molecular complexity index is 984. The van der Waals surface area contributed by atoms with Gasteiger partial charge in [-0.25, -0.2) is 9.07 Å². The van der Waals surface area contributed by atoms with Crippen LogP contribution in [0.4, 0.5) is 10.1 Å². The maximum atomic E-state index is 13.1. The number of nitriles is 1. The third kappa shape index (κ3) is 4.47. The largest absolute Gasteiger partial charge is 0.335 e. The van der Waals surface area contributed by atoms with Crippen molar-refractivity contribution in [2.24, 2.45) is 0 Å². The van der Waals surface area contributed by atoms with Gasteiger partial charge in [-0.05, 0) is 36.4 Å². The lowest BCUT2D eigenvalue weighted by atomic mass is 10.2. The summed E-state index contributed by atoms with van der Waals surface area (Å²) in [5.41, 5.74) is 1.35. The number of aromatic nitrogens is 3. The summed E-state index contributed by atoms with van der Waals surface area (Å²) in [6.07, 6.45) is 0.229. The van der Waals surface area contributed by atoms with Crippen molar-refractivity contribution < 1.29 is 9.18 Å². The van der Waals surface area contributed by atoms with E-state index in [1.165, 1.54) is 16.8 Å². The van der Waals surface area contributed by atoms with E-state index in [1.54, 1.807) is 17.0 Å². The summed E-state index contributed by atoms with van der Waals surface area (Å²) in [4.78, 5) is 14.3. The van der Waals surface area contributed by atoms with Crippen LogP contribution in [-0.4, -0.2) is 33.1 Å². The third-order valence-electron chi connectivity index (χ3n) is 3.91. The summed E-state index contributed by atoms with van der Waals surface area (Å²) in [7, 11) is 0. The summed E-state index contributed by atoms with van der Waals surface area (Å²) in [5.74, 6) is 5.97. The second-order valence-corrected chi connectivity index (χ2v) is 6.70. The lowest BCUT2D eigenvalue weighted by Gasteiger charge is -2.21. The predicted molar refractivity (Wildman–Crippen MR) is 105 cm³/mol. The third-order valence-corrected chi connectivity index (χ3v) is 4.84. The Hall–Kier alpha value is -3.38. The van der Waals surface area contributed by atoms with E-state index >= 15 is 0 Å². The number of nitrogen functional groups attached to an aromatic ring is 1. The molecule has 28 heavy (non-hydrogen) atoms. The Labute approximate surface area is 165 Å². The number of amides is 1. The molecule has 2 aromatic carbocycles. The molecule has 1 aromatic heterocycles. The molecule has 0 radical (unpaired) electrons. The molecule has 0 atom stereocenters. The van der Waals surface area contributed by atoms with Gasteiger partial charge in [-0.2, -0.15) is 5.26 Å². The SMILES string of the molecule is N#CCCN(C(=O)CSc1nnc(-c2ccc(F)cc2)n1N)c1ccccc1. The van der Waals surface area contributed by atoms with E-state index in [2.05, 4.69) is 16.3 Å². The van der Waals surface area contributed by atoms with Gasteiger partial charge in [0.25, 0.3) is 0 Å². The van der Waals surface area contributed by atoms with Crippen molar-refractivity contribution in [2.45, 2.75) is 11.6 Å². The Morgan fingerprint density at radius 3 is 2.57 bits per heavy atom. The molecule has 3 rings (SSSR count). The van der Waals surface area contributed by atoms with Crippen LogP contribution >= 0.6 is 11.8 Å². The maximum absolute atomic E-state index is 13.1. The molecular weight excluding hydrogens is 379 g/mol. The fourth-order valence-corrected chi connectivity index (χ4v) is 3.28. The molecule has 142 valence electrons. The molecule has 0 aliphatic rings. The fourth-order valence-electron chi connectivity index (χ4n) is 2.54. The molecule has 3 aromatic rings. The van der Waals surface area contributed by atoms with Crippen molar-refractivity contribution in [3.8, 4) is 17.5 Å². The average Bonchev–Trinajstić information content (AvgIpc) is 3.08. The minimum absolute atomic E-state index is 0.0824. The molecule has 1 heterocycles. The fraction of sp³-hybridized carbons (Fsp3) is 0.158. The van der Waals surface area contributed by atoms with Gasteiger partial charge in [0.15, 0.2) is 5.82 Å². The second kappa shape index (κ2) is 9.01. The zero-order chi connectivity index (χ0) is 19.9. The molecule has 1 amide bonds. The van der Waals surface area contributed by atoms with E-state index in [0.717, 1.165) is 17.4 Å². The van der Waals surface area contributed by atoms with Crippen molar-refractivity contribution in [3.05, 3.63) is 60.4 Å². The Morgan fingerprint density at radius 2 is 1.89 bits per heavy atom. The van der Waals surface area contributed by atoms with Gasteiger partial charge in [0.05, 0.1) is 18.2 Å². The second-order valence-electron chi connectivity index (χ2n) is 5.76. The molecule has 7 nitrogen and oxygen atoms in total. The van der Waals surface area contributed by atoms with E-state index < -0.39 is 0 Å². The van der Waals surface area contributed by atoms with Gasteiger partial charge in [0, 0.05) is 17.8 Å². The number of hydrogen-bond donors (Lipinski definition) is 1. The van der Waals surface area contributed by atoms with Crippen LogP contribution in [0.25, 0.3) is 11.4 Å². The highest BCUT2D eigenvalue weighted by atomic mass is 32.2. The van der Waals surface area contributed by atoms with Crippen LogP contribution in [0.5, 0.6) is 0 Å². The molecule has 0 saturated carbocycles. The van der Waals surface area contributed by atoms with Gasteiger partial charge < -0.3 is 10.7 Å². The number of hydrogen-bond acceptors (Lipinski definition) is 6. The Morgan fingerprint density at radius 1 is 1.18 bits per heavy atom. The standard InChI is InChI=1S/C19H17FN6OS/c20-15-9-7-14(8-10-15)18-23-24-19(26(18)22)28-13-17(27)25(12-4-11-21)16-5-2-1-3-6-16/h1-3,5-10H,4,12-13,22H2. The summed E-state index contributed by atoms with van der Waals surface area (Å²) in [5, 5.41) is 17.3. The Balaban J connectivity index is 1.71. The van der Waals surface area contributed by atoms with Crippen LogP contribution in [0.3, 0.4) is 0 Å². The molecule has 0 aliphatic carbocycles. The average molecular weight is 396 g/mol. The van der Waals surface area contributed by atoms with Crippen molar-refractivity contribution in [1.82, 2.24) is 14.9 Å². The van der Waals surface area contributed by atoms with Crippen molar-refractivity contribution in [1.29, 1.82) is 5.26 Å². The normalized spacial score (nSPS) is 10.4. The topological polar surface area (TPSA) is 101 Å². The molecule has 0 saturated heterocycles. The number of halogens is 1. The number of benzene rings is 2. The van der Waals surface area contributed by atoms with Gasteiger partial charge in [-0.3, -0.25) is 4.79 Å². The molecule has 0 fully saturated rings. The van der Waals surface area contributed by atoms with Gasteiger partial charge in [-0.1, -0.05) is 30.0 Å². The number of carbonyl (C=O) groups is 1. The summed E-state index contributed by atoms with van der Waals surface area (Å²) >= 11 is 1.15.